The van der Waals surface area contributed by atoms with Crippen LogP contribution in [0.1, 0.15) is 38.7 Å². The van der Waals surface area contributed by atoms with E-state index in [-0.39, 0.29) is 10.6 Å². The molecule has 1 aliphatic carbocycles. The molecular weight excluding hydrogens is 252 g/mol. The molecule has 0 bridgehead atoms. The van der Waals surface area contributed by atoms with Gasteiger partial charge in [-0.1, -0.05) is 32.4 Å². The molecule has 4 nitrogen and oxygen atoms in total. The molecule has 0 heterocycles. The van der Waals surface area contributed by atoms with E-state index >= 15 is 0 Å². The Hall–Kier alpha value is -1.42. The average molecular weight is 276 g/mol. The molecule has 4 heteroatoms. The van der Waals surface area contributed by atoms with E-state index in [0.29, 0.717) is 6.04 Å². The lowest BCUT2D eigenvalue weighted by atomic mass is 9.78. The van der Waals surface area contributed by atoms with Gasteiger partial charge in [0.15, 0.2) is 0 Å². The van der Waals surface area contributed by atoms with Gasteiger partial charge in [-0.15, -0.1) is 0 Å². The van der Waals surface area contributed by atoms with Crippen LogP contribution in [0.25, 0.3) is 0 Å². The molecule has 1 fully saturated rings. The standard InChI is InChI=1S/C16H24N2O2/c1-12-4-3-5-13(2)16(12)17-11-10-14-6-8-15(9-7-14)18(19)20/h6-9,12-13,16-17H,3-5,10-11H2,1-2H3. The zero-order valence-electron chi connectivity index (χ0n) is 12.3. The lowest BCUT2D eigenvalue weighted by Gasteiger charge is -2.35. The molecule has 0 aromatic heterocycles. The summed E-state index contributed by atoms with van der Waals surface area (Å²) in [5.41, 5.74) is 1.32. The molecule has 1 N–H and O–H groups in total. The van der Waals surface area contributed by atoms with E-state index in [4.69, 9.17) is 0 Å². The summed E-state index contributed by atoms with van der Waals surface area (Å²) in [6, 6.07) is 7.49. The van der Waals surface area contributed by atoms with Gasteiger partial charge in [0.05, 0.1) is 4.92 Å². The van der Waals surface area contributed by atoms with Gasteiger partial charge in [-0.05, 0) is 43.2 Å². The summed E-state index contributed by atoms with van der Waals surface area (Å²) in [6.07, 6.45) is 4.91. The molecule has 0 aliphatic heterocycles. The van der Waals surface area contributed by atoms with E-state index in [2.05, 4.69) is 19.2 Å². The molecule has 0 saturated heterocycles. The van der Waals surface area contributed by atoms with Crippen LogP contribution >= 0.6 is 0 Å². The summed E-state index contributed by atoms with van der Waals surface area (Å²) in [6.45, 7) is 5.61. The van der Waals surface area contributed by atoms with Gasteiger partial charge in [0.25, 0.3) is 5.69 Å². The number of rotatable bonds is 5. The van der Waals surface area contributed by atoms with Crippen LogP contribution in [-0.2, 0) is 6.42 Å². The van der Waals surface area contributed by atoms with Crippen molar-refractivity contribution in [2.75, 3.05) is 6.54 Å². The van der Waals surface area contributed by atoms with E-state index in [1.807, 2.05) is 12.1 Å². The fourth-order valence-electron chi connectivity index (χ4n) is 3.25. The number of hydrogen-bond donors (Lipinski definition) is 1. The van der Waals surface area contributed by atoms with Crippen molar-refractivity contribution in [2.24, 2.45) is 11.8 Å². The predicted octanol–water partition coefficient (Wildman–Crippen LogP) is 3.55. The summed E-state index contributed by atoms with van der Waals surface area (Å²) in [7, 11) is 0. The van der Waals surface area contributed by atoms with Crippen molar-refractivity contribution in [2.45, 2.75) is 45.6 Å². The van der Waals surface area contributed by atoms with E-state index in [1.165, 1.54) is 19.3 Å². The second-order valence-corrected chi connectivity index (χ2v) is 6.04. The van der Waals surface area contributed by atoms with Gasteiger partial charge >= 0.3 is 0 Å². The van der Waals surface area contributed by atoms with Gasteiger partial charge in [-0.3, -0.25) is 10.1 Å². The molecule has 0 spiro atoms. The second-order valence-electron chi connectivity index (χ2n) is 6.04. The van der Waals surface area contributed by atoms with Crippen molar-refractivity contribution >= 4 is 5.69 Å². The maximum absolute atomic E-state index is 10.6. The minimum atomic E-state index is -0.354. The first-order chi connectivity index (χ1) is 9.58. The van der Waals surface area contributed by atoms with Gasteiger partial charge in [0, 0.05) is 18.2 Å². The topological polar surface area (TPSA) is 55.2 Å². The molecule has 1 aromatic carbocycles. The number of nitrogens with zero attached hydrogens (tertiary/aromatic N) is 1. The highest BCUT2D eigenvalue weighted by atomic mass is 16.6. The summed E-state index contributed by atoms with van der Waals surface area (Å²) in [5, 5.41) is 14.3. The minimum Gasteiger partial charge on any atom is -0.313 e. The first-order valence-electron chi connectivity index (χ1n) is 7.54. The summed E-state index contributed by atoms with van der Waals surface area (Å²) in [5.74, 6) is 1.49. The third-order valence-electron chi connectivity index (χ3n) is 4.49. The van der Waals surface area contributed by atoms with E-state index in [1.54, 1.807) is 12.1 Å². The maximum atomic E-state index is 10.6. The average Bonchev–Trinajstić information content (AvgIpc) is 2.42. The van der Waals surface area contributed by atoms with Gasteiger partial charge in [-0.25, -0.2) is 0 Å². The molecule has 1 aromatic rings. The van der Waals surface area contributed by atoms with Gasteiger partial charge < -0.3 is 5.32 Å². The Kier molecular flexibility index (Phi) is 5.12. The molecule has 2 rings (SSSR count). The minimum absolute atomic E-state index is 0.163. The normalized spacial score (nSPS) is 26.4. The Morgan fingerprint density at radius 2 is 1.80 bits per heavy atom. The molecule has 2 unspecified atom stereocenters. The fraction of sp³-hybridized carbons (Fsp3) is 0.625. The number of benzene rings is 1. The van der Waals surface area contributed by atoms with Crippen LogP contribution in [0, 0.1) is 22.0 Å². The zero-order valence-corrected chi connectivity index (χ0v) is 12.3. The number of non-ortho nitro benzene ring substituents is 1. The molecule has 1 aliphatic rings. The zero-order chi connectivity index (χ0) is 14.5. The predicted molar refractivity (Wildman–Crippen MR) is 80.8 cm³/mol. The summed E-state index contributed by atoms with van der Waals surface area (Å²) in [4.78, 5) is 10.2. The highest BCUT2D eigenvalue weighted by molar-refractivity contribution is 5.32. The molecule has 0 amide bonds. The fourth-order valence-corrected chi connectivity index (χ4v) is 3.25. The van der Waals surface area contributed by atoms with Crippen LogP contribution in [0.5, 0.6) is 0 Å². The first kappa shape index (κ1) is 15.0. The number of nitro groups is 1. The van der Waals surface area contributed by atoms with Crippen LogP contribution in [0.15, 0.2) is 24.3 Å². The van der Waals surface area contributed by atoms with Crippen LogP contribution in [0.3, 0.4) is 0 Å². The van der Waals surface area contributed by atoms with Crippen LogP contribution in [-0.4, -0.2) is 17.5 Å². The van der Waals surface area contributed by atoms with Crippen molar-refractivity contribution in [3.63, 3.8) is 0 Å². The van der Waals surface area contributed by atoms with Crippen molar-refractivity contribution < 1.29 is 4.92 Å². The van der Waals surface area contributed by atoms with E-state index in [0.717, 1.165) is 30.4 Å². The van der Waals surface area contributed by atoms with Crippen molar-refractivity contribution in [1.82, 2.24) is 5.32 Å². The summed E-state index contributed by atoms with van der Waals surface area (Å²) >= 11 is 0. The quantitative estimate of drug-likeness (QED) is 0.661. The molecule has 110 valence electrons. The third-order valence-corrected chi connectivity index (χ3v) is 4.49. The van der Waals surface area contributed by atoms with Crippen molar-refractivity contribution in [3.8, 4) is 0 Å². The van der Waals surface area contributed by atoms with Crippen molar-refractivity contribution in [3.05, 3.63) is 39.9 Å². The Labute approximate surface area is 120 Å². The third kappa shape index (κ3) is 3.79. The number of nitro benzene ring substituents is 1. The Morgan fingerprint density at radius 3 is 2.35 bits per heavy atom. The number of nitrogens with one attached hydrogen (secondary N) is 1. The smallest absolute Gasteiger partial charge is 0.269 e. The van der Waals surface area contributed by atoms with Gasteiger partial charge in [0.1, 0.15) is 0 Å². The Morgan fingerprint density at radius 1 is 1.20 bits per heavy atom. The van der Waals surface area contributed by atoms with Crippen LogP contribution in [0.2, 0.25) is 0 Å². The Balaban J connectivity index is 1.81. The SMILES string of the molecule is CC1CCCC(C)C1NCCc1ccc([N+](=O)[O-])cc1. The number of hydrogen-bond acceptors (Lipinski definition) is 3. The Bertz CT molecular complexity index is 434. The van der Waals surface area contributed by atoms with Gasteiger partial charge in [0.2, 0.25) is 0 Å². The molecule has 0 radical (unpaired) electrons. The monoisotopic (exact) mass is 276 g/mol. The van der Waals surface area contributed by atoms with Crippen LogP contribution < -0.4 is 5.32 Å². The molecular formula is C16H24N2O2. The first-order valence-corrected chi connectivity index (χ1v) is 7.54. The molecule has 2 atom stereocenters. The largest absolute Gasteiger partial charge is 0.313 e. The summed E-state index contributed by atoms with van der Waals surface area (Å²) < 4.78 is 0. The van der Waals surface area contributed by atoms with Gasteiger partial charge in [-0.2, -0.15) is 0 Å². The van der Waals surface area contributed by atoms with Crippen molar-refractivity contribution in [1.29, 1.82) is 0 Å². The van der Waals surface area contributed by atoms with E-state index < -0.39 is 0 Å². The lowest BCUT2D eigenvalue weighted by molar-refractivity contribution is -0.384. The van der Waals surface area contributed by atoms with Crippen LogP contribution in [0.4, 0.5) is 5.69 Å². The molecule has 1 saturated carbocycles. The highest BCUT2D eigenvalue weighted by Gasteiger charge is 2.26. The van der Waals surface area contributed by atoms with E-state index in [9.17, 15) is 10.1 Å². The second kappa shape index (κ2) is 6.84. The highest BCUT2D eigenvalue weighted by Crippen LogP contribution is 2.28. The lowest BCUT2D eigenvalue weighted by Crippen LogP contribution is -2.43. The maximum Gasteiger partial charge on any atom is 0.269 e. The molecule has 20 heavy (non-hydrogen) atoms.